The van der Waals surface area contributed by atoms with Gasteiger partial charge in [-0.25, -0.2) is 9.98 Å². The number of aromatic nitrogens is 2. The number of hydrogen-bond donors (Lipinski definition) is 3. The molecule has 2 aromatic carbocycles. The normalized spacial score (nSPS) is 19.0. The van der Waals surface area contributed by atoms with Crippen LogP contribution in [-0.2, 0) is 13.1 Å². The summed E-state index contributed by atoms with van der Waals surface area (Å²) in [7, 11) is 0. The Bertz CT molecular complexity index is 988. The maximum atomic E-state index is 4.78. The van der Waals surface area contributed by atoms with Crippen molar-refractivity contribution in [3.63, 3.8) is 0 Å². The van der Waals surface area contributed by atoms with E-state index in [1.807, 2.05) is 24.4 Å². The molecule has 3 aromatic rings. The van der Waals surface area contributed by atoms with Crippen LogP contribution in [0.3, 0.4) is 0 Å². The molecule has 33 heavy (non-hydrogen) atoms. The smallest absolute Gasteiger partial charge is 0.191 e. The molecule has 3 N–H and O–H groups in total. The monoisotopic (exact) mass is 558 g/mol. The van der Waals surface area contributed by atoms with Gasteiger partial charge in [-0.3, -0.25) is 4.90 Å². The Morgan fingerprint density at radius 3 is 2.55 bits per heavy atom. The molecule has 4 rings (SSSR count). The molecule has 0 radical (unpaired) electrons. The SMILES string of the molecule is CCNC(=NCc1ncc(-c2ccccc2)[nH]1)NC1CCN(Cc2ccccc2)C(C)C1.I. The second-order valence-corrected chi connectivity index (χ2v) is 8.48. The summed E-state index contributed by atoms with van der Waals surface area (Å²) in [4.78, 5) is 15.3. The highest BCUT2D eigenvalue weighted by Gasteiger charge is 2.26. The summed E-state index contributed by atoms with van der Waals surface area (Å²) >= 11 is 0. The van der Waals surface area contributed by atoms with Gasteiger partial charge in [-0.15, -0.1) is 24.0 Å². The van der Waals surface area contributed by atoms with Crippen LogP contribution in [0.15, 0.2) is 71.9 Å². The molecule has 1 saturated heterocycles. The van der Waals surface area contributed by atoms with Crippen molar-refractivity contribution >= 4 is 29.9 Å². The molecule has 1 aliphatic heterocycles. The molecule has 2 heterocycles. The van der Waals surface area contributed by atoms with E-state index in [9.17, 15) is 0 Å². The fourth-order valence-corrected chi connectivity index (χ4v) is 4.28. The minimum absolute atomic E-state index is 0. The molecular formula is C26H35IN6. The quantitative estimate of drug-likeness (QED) is 0.222. The van der Waals surface area contributed by atoms with Crippen molar-refractivity contribution < 1.29 is 0 Å². The van der Waals surface area contributed by atoms with Crippen molar-refractivity contribution in [1.29, 1.82) is 0 Å². The highest BCUT2D eigenvalue weighted by atomic mass is 127. The van der Waals surface area contributed by atoms with E-state index in [2.05, 4.69) is 81.8 Å². The minimum atomic E-state index is 0. The Morgan fingerprint density at radius 1 is 1.12 bits per heavy atom. The van der Waals surface area contributed by atoms with E-state index in [-0.39, 0.29) is 24.0 Å². The first-order valence-electron chi connectivity index (χ1n) is 11.6. The number of aliphatic imine (C=N–C) groups is 1. The average molecular weight is 559 g/mol. The molecule has 6 nitrogen and oxygen atoms in total. The zero-order chi connectivity index (χ0) is 22.2. The van der Waals surface area contributed by atoms with Gasteiger partial charge in [0.15, 0.2) is 5.96 Å². The van der Waals surface area contributed by atoms with Gasteiger partial charge in [0.05, 0.1) is 11.9 Å². The molecule has 1 aliphatic rings. The van der Waals surface area contributed by atoms with Gasteiger partial charge in [0.25, 0.3) is 0 Å². The van der Waals surface area contributed by atoms with Crippen LogP contribution in [-0.4, -0.2) is 46.0 Å². The summed E-state index contributed by atoms with van der Waals surface area (Å²) in [5, 5.41) is 7.04. The summed E-state index contributed by atoms with van der Waals surface area (Å²) in [6.07, 6.45) is 4.10. The summed E-state index contributed by atoms with van der Waals surface area (Å²) in [6, 6.07) is 22.0. The van der Waals surface area contributed by atoms with Gasteiger partial charge in [-0.1, -0.05) is 60.7 Å². The standard InChI is InChI=1S/C26H34N6.HI/c1-3-27-26(29-18-25-28-17-24(31-25)22-12-8-5-9-13-22)30-23-14-15-32(20(2)16-23)19-21-10-6-4-7-11-21;/h4-13,17,20,23H,3,14-16,18-19H2,1-2H3,(H,28,31)(H2,27,29,30);1H. The van der Waals surface area contributed by atoms with Crippen LogP contribution in [0.1, 0.15) is 38.1 Å². The first-order chi connectivity index (χ1) is 15.7. The molecule has 2 unspecified atom stereocenters. The second-order valence-electron chi connectivity index (χ2n) is 8.48. The number of nitrogens with zero attached hydrogens (tertiary/aromatic N) is 3. The van der Waals surface area contributed by atoms with Crippen LogP contribution in [0.4, 0.5) is 0 Å². The highest BCUT2D eigenvalue weighted by Crippen LogP contribution is 2.20. The number of aromatic amines is 1. The lowest BCUT2D eigenvalue weighted by Crippen LogP contribution is -2.51. The van der Waals surface area contributed by atoms with E-state index < -0.39 is 0 Å². The molecule has 0 aliphatic carbocycles. The van der Waals surface area contributed by atoms with Gasteiger partial charge in [0.1, 0.15) is 12.4 Å². The Morgan fingerprint density at radius 2 is 1.85 bits per heavy atom. The van der Waals surface area contributed by atoms with Gasteiger partial charge < -0.3 is 15.6 Å². The van der Waals surface area contributed by atoms with E-state index in [0.29, 0.717) is 18.6 Å². The van der Waals surface area contributed by atoms with Gasteiger partial charge >= 0.3 is 0 Å². The van der Waals surface area contributed by atoms with Gasteiger partial charge in [0.2, 0.25) is 0 Å². The van der Waals surface area contributed by atoms with Crippen molar-refractivity contribution in [3.8, 4) is 11.3 Å². The molecule has 1 fully saturated rings. The van der Waals surface area contributed by atoms with Crippen molar-refractivity contribution in [2.24, 2.45) is 4.99 Å². The van der Waals surface area contributed by atoms with E-state index in [0.717, 1.165) is 55.5 Å². The van der Waals surface area contributed by atoms with E-state index >= 15 is 0 Å². The number of likely N-dealkylation sites (tertiary alicyclic amines) is 1. The van der Waals surface area contributed by atoms with Crippen LogP contribution >= 0.6 is 24.0 Å². The lowest BCUT2D eigenvalue weighted by Gasteiger charge is -2.38. The first kappa shape index (κ1) is 25.2. The Balaban J connectivity index is 0.00000306. The van der Waals surface area contributed by atoms with Crippen LogP contribution in [0.2, 0.25) is 0 Å². The summed E-state index contributed by atoms with van der Waals surface area (Å²) in [6.45, 7) is 7.89. The molecule has 7 heteroatoms. The number of H-pyrrole nitrogens is 1. The zero-order valence-corrected chi connectivity index (χ0v) is 21.8. The summed E-state index contributed by atoms with van der Waals surface area (Å²) in [5.74, 6) is 1.73. The molecule has 176 valence electrons. The number of benzene rings is 2. The van der Waals surface area contributed by atoms with Crippen LogP contribution in [0.25, 0.3) is 11.3 Å². The third kappa shape index (κ3) is 7.30. The van der Waals surface area contributed by atoms with E-state index in [4.69, 9.17) is 4.99 Å². The third-order valence-corrected chi connectivity index (χ3v) is 6.03. The molecule has 0 spiro atoms. The zero-order valence-electron chi connectivity index (χ0n) is 19.5. The van der Waals surface area contributed by atoms with Gasteiger partial charge in [0, 0.05) is 31.7 Å². The first-order valence-corrected chi connectivity index (χ1v) is 11.6. The van der Waals surface area contributed by atoms with E-state index in [1.54, 1.807) is 0 Å². The minimum Gasteiger partial charge on any atom is -0.357 e. The van der Waals surface area contributed by atoms with Crippen molar-refractivity contribution in [2.75, 3.05) is 13.1 Å². The lowest BCUT2D eigenvalue weighted by molar-refractivity contribution is 0.134. The predicted molar refractivity (Wildman–Crippen MR) is 147 cm³/mol. The van der Waals surface area contributed by atoms with Crippen molar-refractivity contribution in [2.45, 2.75) is 51.9 Å². The van der Waals surface area contributed by atoms with Crippen molar-refractivity contribution in [3.05, 3.63) is 78.2 Å². The third-order valence-electron chi connectivity index (χ3n) is 6.03. The number of guanidine groups is 1. The maximum Gasteiger partial charge on any atom is 0.191 e. The molecule has 0 amide bonds. The van der Waals surface area contributed by atoms with Crippen LogP contribution < -0.4 is 10.6 Å². The van der Waals surface area contributed by atoms with Crippen LogP contribution in [0, 0.1) is 0 Å². The second kappa shape index (κ2) is 12.7. The lowest BCUT2D eigenvalue weighted by atomic mass is 9.97. The Hall–Kier alpha value is -2.39. The fourth-order valence-electron chi connectivity index (χ4n) is 4.28. The number of imidazole rings is 1. The fraction of sp³-hybridized carbons (Fsp3) is 0.385. The summed E-state index contributed by atoms with van der Waals surface area (Å²) in [5.41, 5.74) is 3.54. The summed E-state index contributed by atoms with van der Waals surface area (Å²) < 4.78 is 0. The molecular weight excluding hydrogens is 523 g/mol. The number of rotatable bonds is 7. The highest BCUT2D eigenvalue weighted by molar-refractivity contribution is 14.0. The topological polar surface area (TPSA) is 68.3 Å². The van der Waals surface area contributed by atoms with Crippen LogP contribution in [0.5, 0.6) is 0 Å². The largest absolute Gasteiger partial charge is 0.357 e. The molecule has 1 aromatic heterocycles. The number of halogens is 1. The molecule has 0 bridgehead atoms. The number of nitrogens with one attached hydrogen (secondary N) is 3. The Labute approximate surface area is 214 Å². The van der Waals surface area contributed by atoms with Crippen molar-refractivity contribution in [1.82, 2.24) is 25.5 Å². The predicted octanol–water partition coefficient (Wildman–Crippen LogP) is 4.80. The molecule has 2 atom stereocenters. The number of hydrogen-bond acceptors (Lipinski definition) is 3. The van der Waals surface area contributed by atoms with E-state index in [1.165, 1.54) is 5.56 Å². The number of piperidine rings is 1. The maximum absolute atomic E-state index is 4.78. The molecule has 0 saturated carbocycles. The van der Waals surface area contributed by atoms with Gasteiger partial charge in [-0.2, -0.15) is 0 Å². The Kier molecular flexibility index (Phi) is 9.75. The van der Waals surface area contributed by atoms with Gasteiger partial charge in [-0.05, 0) is 37.8 Å². The average Bonchev–Trinajstić information content (AvgIpc) is 3.30.